The van der Waals surface area contributed by atoms with Crippen LogP contribution < -0.4 is 5.32 Å². The molecule has 4 atom stereocenters. The van der Waals surface area contributed by atoms with Crippen molar-refractivity contribution in [3.05, 3.63) is 16.4 Å². The minimum atomic E-state index is -0.235. The van der Waals surface area contributed by atoms with Crippen molar-refractivity contribution >= 4 is 27.8 Å². The Morgan fingerprint density at radius 2 is 2.20 bits per heavy atom. The maximum absolute atomic E-state index is 12.3. The van der Waals surface area contributed by atoms with Gasteiger partial charge in [0.2, 0.25) is 0 Å². The molecule has 1 heterocycles. The zero-order valence-electron chi connectivity index (χ0n) is 11.1. The van der Waals surface area contributed by atoms with E-state index in [9.17, 15) is 9.59 Å². The number of aromatic nitrogens is 2. The number of halogens is 1. The van der Waals surface area contributed by atoms with Gasteiger partial charge in [-0.2, -0.15) is 5.10 Å². The SMILES string of the molecule is COC(=O)C1C2CCC(C2)C1NC(=O)c1[nH]ncc1Br. The maximum Gasteiger partial charge on any atom is 0.311 e. The molecule has 0 aromatic carbocycles. The van der Waals surface area contributed by atoms with Crippen LogP contribution in [0.2, 0.25) is 0 Å². The van der Waals surface area contributed by atoms with Crippen molar-refractivity contribution in [3.8, 4) is 0 Å². The quantitative estimate of drug-likeness (QED) is 0.816. The van der Waals surface area contributed by atoms with Crippen LogP contribution in [0.25, 0.3) is 0 Å². The molecule has 2 fully saturated rings. The molecule has 2 bridgehead atoms. The van der Waals surface area contributed by atoms with Crippen molar-refractivity contribution in [1.29, 1.82) is 0 Å². The lowest BCUT2D eigenvalue weighted by atomic mass is 9.84. The second kappa shape index (κ2) is 5.20. The molecule has 0 spiro atoms. The summed E-state index contributed by atoms with van der Waals surface area (Å²) in [5.74, 6) is 0.0362. The fourth-order valence-corrected chi connectivity index (χ4v) is 4.00. The van der Waals surface area contributed by atoms with E-state index in [2.05, 4.69) is 31.4 Å². The van der Waals surface area contributed by atoms with Crippen LogP contribution in [-0.4, -0.2) is 35.2 Å². The Morgan fingerprint density at radius 1 is 1.45 bits per heavy atom. The van der Waals surface area contributed by atoms with Crippen LogP contribution in [0.1, 0.15) is 29.8 Å². The first-order chi connectivity index (χ1) is 9.61. The Hall–Kier alpha value is -1.37. The fourth-order valence-electron chi connectivity index (χ4n) is 3.63. The molecule has 7 heteroatoms. The second-order valence-corrected chi connectivity index (χ2v) is 6.33. The summed E-state index contributed by atoms with van der Waals surface area (Å²) in [5, 5.41) is 9.45. The van der Waals surface area contributed by atoms with Crippen LogP contribution >= 0.6 is 15.9 Å². The highest BCUT2D eigenvalue weighted by Crippen LogP contribution is 2.49. The van der Waals surface area contributed by atoms with Crippen molar-refractivity contribution in [1.82, 2.24) is 15.5 Å². The lowest BCUT2D eigenvalue weighted by molar-refractivity contribution is -0.148. The third kappa shape index (κ3) is 2.13. The van der Waals surface area contributed by atoms with Crippen LogP contribution in [0.3, 0.4) is 0 Å². The van der Waals surface area contributed by atoms with Gasteiger partial charge in [-0.05, 0) is 47.0 Å². The van der Waals surface area contributed by atoms with Gasteiger partial charge in [0.15, 0.2) is 0 Å². The first-order valence-electron chi connectivity index (χ1n) is 6.69. The number of rotatable bonds is 3. The highest BCUT2D eigenvalue weighted by molar-refractivity contribution is 9.10. The Morgan fingerprint density at radius 3 is 2.85 bits per heavy atom. The Balaban J connectivity index is 1.77. The molecule has 2 saturated carbocycles. The van der Waals surface area contributed by atoms with Gasteiger partial charge in [-0.1, -0.05) is 0 Å². The summed E-state index contributed by atoms with van der Waals surface area (Å²) in [6.45, 7) is 0. The Kier molecular flexibility index (Phi) is 3.54. The maximum atomic E-state index is 12.3. The fraction of sp³-hybridized carbons (Fsp3) is 0.615. The normalized spacial score (nSPS) is 31.3. The molecular formula is C13H16BrN3O3. The van der Waals surface area contributed by atoms with E-state index in [-0.39, 0.29) is 23.8 Å². The van der Waals surface area contributed by atoms with Gasteiger partial charge in [0.05, 0.1) is 23.7 Å². The number of carbonyl (C=O) groups excluding carboxylic acids is 2. The molecule has 1 amide bonds. The van der Waals surface area contributed by atoms with Gasteiger partial charge in [0.25, 0.3) is 5.91 Å². The number of ether oxygens (including phenoxy) is 1. The minimum Gasteiger partial charge on any atom is -0.469 e. The topological polar surface area (TPSA) is 84.1 Å². The summed E-state index contributed by atoms with van der Waals surface area (Å²) in [4.78, 5) is 24.2. The molecule has 108 valence electrons. The highest BCUT2D eigenvalue weighted by Gasteiger charge is 2.52. The van der Waals surface area contributed by atoms with E-state index in [1.165, 1.54) is 13.3 Å². The molecule has 2 aliphatic rings. The molecule has 1 aromatic heterocycles. The first kappa shape index (κ1) is 13.6. The van der Waals surface area contributed by atoms with Crippen molar-refractivity contribution in [2.75, 3.05) is 7.11 Å². The number of nitrogens with one attached hydrogen (secondary N) is 2. The zero-order chi connectivity index (χ0) is 14.3. The minimum absolute atomic E-state index is 0.135. The lowest BCUT2D eigenvalue weighted by Gasteiger charge is -2.29. The number of H-pyrrole nitrogens is 1. The van der Waals surface area contributed by atoms with Gasteiger partial charge in [-0.25, -0.2) is 0 Å². The molecular weight excluding hydrogens is 326 g/mol. The number of nitrogens with zero attached hydrogens (tertiary/aromatic N) is 1. The van der Waals surface area contributed by atoms with Crippen LogP contribution in [0.5, 0.6) is 0 Å². The van der Waals surface area contributed by atoms with E-state index < -0.39 is 0 Å². The number of methoxy groups -OCH3 is 1. The predicted octanol–water partition coefficient (Wildman–Crippen LogP) is 1.49. The summed E-state index contributed by atoms with van der Waals surface area (Å²) >= 11 is 3.27. The van der Waals surface area contributed by atoms with Gasteiger partial charge in [0.1, 0.15) is 5.69 Å². The van der Waals surface area contributed by atoms with Gasteiger partial charge in [-0.3, -0.25) is 14.7 Å². The van der Waals surface area contributed by atoms with Crippen molar-refractivity contribution in [3.63, 3.8) is 0 Å². The standard InChI is InChI=1S/C13H16BrN3O3/c1-20-13(19)9-6-2-3-7(4-6)10(9)16-12(18)11-8(14)5-15-17-11/h5-7,9-10H,2-4H2,1H3,(H,15,17)(H,16,18). The molecule has 2 aliphatic carbocycles. The third-order valence-corrected chi connectivity index (χ3v) is 5.11. The Bertz CT molecular complexity index is 545. The molecule has 0 aliphatic heterocycles. The van der Waals surface area contributed by atoms with E-state index in [4.69, 9.17) is 4.74 Å². The van der Waals surface area contributed by atoms with Gasteiger partial charge < -0.3 is 10.1 Å². The average Bonchev–Trinajstić information content (AvgIpc) is 3.13. The predicted molar refractivity (Wildman–Crippen MR) is 73.9 cm³/mol. The molecule has 0 radical (unpaired) electrons. The molecule has 1 aromatic rings. The van der Waals surface area contributed by atoms with Crippen LogP contribution in [0.4, 0.5) is 0 Å². The Labute approximate surface area is 124 Å². The van der Waals surface area contributed by atoms with Crippen LogP contribution in [0.15, 0.2) is 10.7 Å². The van der Waals surface area contributed by atoms with E-state index in [0.29, 0.717) is 22.0 Å². The van der Waals surface area contributed by atoms with Crippen molar-refractivity contribution in [2.24, 2.45) is 17.8 Å². The van der Waals surface area contributed by atoms with Crippen LogP contribution in [0, 0.1) is 17.8 Å². The van der Waals surface area contributed by atoms with Gasteiger partial charge in [0, 0.05) is 6.04 Å². The van der Waals surface area contributed by atoms with Gasteiger partial charge in [-0.15, -0.1) is 0 Å². The summed E-state index contributed by atoms with van der Waals surface area (Å²) in [6, 6.07) is -0.135. The third-order valence-electron chi connectivity index (χ3n) is 4.51. The zero-order valence-corrected chi connectivity index (χ0v) is 12.6. The number of carbonyl (C=O) groups is 2. The first-order valence-corrected chi connectivity index (χ1v) is 7.48. The number of hydrogen-bond donors (Lipinski definition) is 2. The van der Waals surface area contributed by atoms with E-state index in [0.717, 1.165) is 19.3 Å². The number of esters is 1. The van der Waals surface area contributed by atoms with Crippen LogP contribution in [-0.2, 0) is 9.53 Å². The summed E-state index contributed by atoms with van der Waals surface area (Å²) in [5.41, 5.74) is 0.386. The molecule has 2 N–H and O–H groups in total. The summed E-state index contributed by atoms with van der Waals surface area (Å²) < 4.78 is 5.51. The number of amides is 1. The van der Waals surface area contributed by atoms with Crippen molar-refractivity contribution < 1.29 is 14.3 Å². The lowest BCUT2D eigenvalue weighted by Crippen LogP contribution is -2.47. The summed E-state index contributed by atoms with van der Waals surface area (Å²) in [6.07, 6.45) is 4.64. The average molecular weight is 342 g/mol. The van der Waals surface area contributed by atoms with E-state index in [1.54, 1.807) is 0 Å². The van der Waals surface area contributed by atoms with E-state index >= 15 is 0 Å². The van der Waals surface area contributed by atoms with E-state index in [1.807, 2.05) is 0 Å². The number of fused-ring (bicyclic) bond motifs is 2. The molecule has 6 nitrogen and oxygen atoms in total. The summed E-state index contributed by atoms with van der Waals surface area (Å²) in [7, 11) is 1.40. The second-order valence-electron chi connectivity index (χ2n) is 5.47. The molecule has 20 heavy (non-hydrogen) atoms. The number of aromatic amines is 1. The molecule has 0 saturated heterocycles. The molecule has 4 unspecified atom stereocenters. The highest BCUT2D eigenvalue weighted by atomic mass is 79.9. The van der Waals surface area contributed by atoms with Gasteiger partial charge >= 0.3 is 5.97 Å². The largest absolute Gasteiger partial charge is 0.469 e. The molecule has 3 rings (SSSR count). The van der Waals surface area contributed by atoms with Crippen molar-refractivity contribution in [2.45, 2.75) is 25.3 Å². The monoisotopic (exact) mass is 341 g/mol. The smallest absolute Gasteiger partial charge is 0.311 e. The number of hydrogen-bond acceptors (Lipinski definition) is 4.